The molecular formula is C16H16F3N3O4. The standard InChI is InChI=1S/C16H16F3N3O4/c17-16(18,19)14(23)12-4-2-1-3-5-13(12)20-21-15(24)10-6-8-11(9-7-10)22(25)26/h6-9,20H,1-5H2,(H,21,24). The van der Waals surface area contributed by atoms with Gasteiger partial charge in [0.05, 0.1) is 4.92 Å². The fraction of sp³-hybridized carbons (Fsp3) is 0.375. The van der Waals surface area contributed by atoms with E-state index in [1.165, 1.54) is 12.1 Å². The molecule has 7 nitrogen and oxygen atoms in total. The van der Waals surface area contributed by atoms with Crippen molar-refractivity contribution in [2.45, 2.75) is 38.3 Å². The summed E-state index contributed by atoms with van der Waals surface area (Å²) in [5, 5.41) is 10.6. The summed E-state index contributed by atoms with van der Waals surface area (Å²) < 4.78 is 38.3. The molecular weight excluding hydrogens is 355 g/mol. The third kappa shape index (κ3) is 4.80. The second-order valence-electron chi connectivity index (χ2n) is 5.73. The Hall–Kier alpha value is -2.91. The lowest BCUT2D eigenvalue weighted by molar-refractivity contribution is -0.384. The molecule has 2 N–H and O–H groups in total. The first kappa shape index (κ1) is 19.4. The van der Waals surface area contributed by atoms with Gasteiger partial charge in [0.25, 0.3) is 17.4 Å². The highest BCUT2D eigenvalue weighted by atomic mass is 19.4. The van der Waals surface area contributed by atoms with Gasteiger partial charge in [-0.1, -0.05) is 6.42 Å². The van der Waals surface area contributed by atoms with E-state index in [-0.39, 0.29) is 35.4 Å². The minimum Gasteiger partial charge on any atom is -0.302 e. The van der Waals surface area contributed by atoms with Crippen molar-refractivity contribution in [3.63, 3.8) is 0 Å². The van der Waals surface area contributed by atoms with Crippen molar-refractivity contribution in [2.75, 3.05) is 0 Å². The second kappa shape index (κ2) is 7.98. The summed E-state index contributed by atoms with van der Waals surface area (Å²) in [6, 6.07) is 4.72. The third-order valence-corrected chi connectivity index (χ3v) is 3.92. The van der Waals surface area contributed by atoms with E-state index in [4.69, 9.17) is 0 Å². The first-order chi connectivity index (χ1) is 12.2. The molecule has 0 fully saturated rings. The van der Waals surface area contributed by atoms with Crippen LogP contribution in [0, 0.1) is 10.1 Å². The number of carbonyl (C=O) groups is 2. The van der Waals surface area contributed by atoms with Crippen LogP contribution in [0.15, 0.2) is 35.5 Å². The number of carbonyl (C=O) groups excluding carboxylic acids is 2. The molecule has 0 saturated heterocycles. The maximum atomic E-state index is 12.8. The first-order valence-corrected chi connectivity index (χ1v) is 7.84. The minimum atomic E-state index is -4.98. The van der Waals surface area contributed by atoms with E-state index in [1.54, 1.807) is 0 Å². The number of nitro groups is 1. The highest BCUT2D eigenvalue weighted by molar-refractivity contribution is 6.00. The molecule has 10 heteroatoms. The van der Waals surface area contributed by atoms with Crippen LogP contribution < -0.4 is 10.9 Å². The highest BCUT2D eigenvalue weighted by Gasteiger charge is 2.41. The Morgan fingerprint density at radius 2 is 1.65 bits per heavy atom. The molecule has 0 unspecified atom stereocenters. The van der Waals surface area contributed by atoms with Crippen molar-refractivity contribution in [1.29, 1.82) is 0 Å². The van der Waals surface area contributed by atoms with Crippen LogP contribution in [-0.4, -0.2) is 22.8 Å². The number of nitro benzene ring substituents is 1. The number of alkyl halides is 3. The molecule has 1 aromatic rings. The van der Waals surface area contributed by atoms with Gasteiger partial charge in [-0.05, 0) is 37.8 Å². The molecule has 0 heterocycles. The first-order valence-electron chi connectivity index (χ1n) is 7.84. The van der Waals surface area contributed by atoms with Crippen LogP contribution in [0.3, 0.4) is 0 Å². The molecule has 140 valence electrons. The molecule has 0 aliphatic heterocycles. The summed E-state index contributed by atoms with van der Waals surface area (Å²) in [6.07, 6.45) is -3.07. The maximum absolute atomic E-state index is 12.8. The van der Waals surface area contributed by atoms with Crippen LogP contribution in [0.5, 0.6) is 0 Å². The van der Waals surface area contributed by atoms with E-state index in [9.17, 15) is 32.9 Å². The van der Waals surface area contributed by atoms with Crippen molar-refractivity contribution >= 4 is 17.4 Å². The van der Waals surface area contributed by atoms with Crippen LogP contribution in [0.4, 0.5) is 18.9 Å². The quantitative estimate of drug-likeness (QED) is 0.611. The molecule has 1 aliphatic rings. The molecule has 0 spiro atoms. The van der Waals surface area contributed by atoms with Crippen molar-refractivity contribution in [2.24, 2.45) is 0 Å². The summed E-state index contributed by atoms with van der Waals surface area (Å²) >= 11 is 0. The number of hydrogen-bond acceptors (Lipinski definition) is 5. The number of hydrazine groups is 1. The SMILES string of the molecule is O=C(NNC1=C(C(=O)C(F)(F)F)CCCCC1)c1ccc([N+](=O)[O-])cc1. The van der Waals surface area contributed by atoms with E-state index in [1.807, 2.05) is 0 Å². The number of non-ortho nitro benzene ring substituents is 1. The smallest absolute Gasteiger partial charge is 0.302 e. The zero-order valence-electron chi connectivity index (χ0n) is 13.6. The van der Waals surface area contributed by atoms with E-state index in [0.717, 1.165) is 12.1 Å². The molecule has 26 heavy (non-hydrogen) atoms. The molecule has 0 bridgehead atoms. The monoisotopic (exact) mass is 371 g/mol. The molecule has 0 atom stereocenters. The number of halogens is 3. The normalized spacial score (nSPS) is 15.2. The minimum absolute atomic E-state index is 0.0198. The van der Waals surface area contributed by atoms with Gasteiger partial charge in [0.1, 0.15) is 0 Å². The molecule has 1 amide bonds. The van der Waals surface area contributed by atoms with Gasteiger partial charge in [0.15, 0.2) is 0 Å². The summed E-state index contributed by atoms with van der Waals surface area (Å²) in [6.45, 7) is 0. The van der Waals surface area contributed by atoms with Crippen LogP contribution in [-0.2, 0) is 4.79 Å². The van der Waals surface area contributed by atoms with Gasteiger partial charge in [-0.15, -0.1) is 0 Å². The predicted molar refractivity (Wildman–Crippen MR) is 84.9 cm³/mol. The van der Waals surface area contributed by atoms with E-state index < -0.39 is 22.8 Å². The van der Waals surface area contributed by atoms with Gasteiger partial charge in [0, 0.05) is 29.0 Å². The number of allylic oxidation sites excluding steroid dienone is 2. The Labute approximate surface area is 146 Å². The third-order valence-electron chi connectivity index (χ3n) is 3.92. The Kier molecular flexibility index (Phi) is 5.96. The van der Waals surface area contributed by atoms with Gasteiger partial charge in [0.2, 0.25) is 0 Å². The van der Waals surface area contributed by atoms with Crippen molar-refractivity contribution < 1.29 is 27.7 Å². The predicted octanol–water partition coefficient (Wildman–Crippen LogP) is 3.18. The van der Waals surface area contributed by atoms with Crippen molar-refractivity contribution in [3.8, 4) is 0 Å². The molecule has 2 rings (SSSR count). The topological polar surface area (TPSA) is 101 Å². The summed E-state index contributed by atoms with van der Waals surface area (Å²) in [5.41, 5.74) is 4.23. The van der Waals surface area contributed by atoms with E-state index in [0.29, 0.717) is 19.3 Å². The maximum Gasteiger partial charge on any atom is 0.454 e. The summed E-state index contributed by atoms with van der Waals surface area (Å²) in [5.74, 6) is -2.60. The van der Waals surface area contributed by atoms with Crippen molar-refractivity contribution in [1.82, 2.24) is 10.9 Å². The summed E-state index contributed by atoms with van der Waals surface area (Å²) in [4.78, 5) is 33.6. The van der Waals surface area contributed by atoms with Crippen LogP contribution in [0.1, 0.15) is 42.5 Å². The Morgan fingerprint density at radius 3 is 2.23 bits per heavy atom. The molecule has 1 aliphatic carbocycles. The second-order valence-corrected chi connectivity index (χ2v) is 5.73. The number of nitrogens with one attached hydrogen (secondary N) is 2. The molecule has 0 saturated carbocycles. The van der Waals surface area contributed by atoms with Crippen LogP contribution >= 0.6 is 0 Å². The van der Waals surface area contributed by atoms with Gasteiger partial charge in [-0.2, -0.15) is 13.2 Å². The zero-order chi connectivity index (χ0) is 19.3. The lowest BCUT2D eigenvalue weighted by Crippen LogP contribution is -2.38. The molecule has 0 radical (unpaired) electrons. The van der Waals surface area contributed by atoms with Gasteiger partial charge in [-0.25, -0.2) is 0 Å². The van der Waals surface area contributed by atoms with E-state index in [2.05, 4.69) is 10.9 Å². The average molecular weight is 371 g/mol. The fourth-order valence-corrected chi connectivity index (χ4v) is 2.58. The van der Waals surface area contributed by atoms with Crippen LogP contribution in [0.25, 0.3) is 0 Å². The summed E-state index contributed by atoms with van der Waals surface area (Å²) in [7, 11) is 0. The number of benzene rings is 1. The fourth-order valence-electron chi connectivity index (χ4n) is 2.58. The van der Waals surface area contributed by atoms with E-state index >= 15 is 0 Å². The number of ketones is 1. The number of hydrogen-bond donors (Lipinski definition) is 2. The number of Topliss-reactive ketones (excluding diaryl/α,β-unsaturated/α-hetero) is 1. The van der Waals surface area contributed by atoms with Crippen LogP contribution in [0.2, 0.25) is 0 Å². The zero-order valence-corrected chi connectivity index (χ0v) is 13.6. The largest absolute Gasteiger partial charge is 0.454 e. The lowest BCUT2D eigenvalue weighted by atomic mass is 10.0. The molecule has 1 aromatic carbocycles. The lowest BCUT2D eigenvalue weighted by Gasteiger charge is -2.16. The number of rotatable bonds is 5. The van der Waals surface area contributed by atoms with Gasteiger partial charge < -0.3 is 5.43 Å². The Balaban J connectivity index is 2.13. The van der Waals surface area contributed by atoms with Crippen molar-refractivity contribution in [3.05, 3.63) is 51.2 Å². The molecule has 0 aromatic heterocycles. The van der Waals surface area contributed by atoms with Gasteiger partial charge in [-0.3, -0.25) is 25.1 Å². The Bertz CT molecular complexity index is 742. The van der Waals surface area contributed by atoms with Gasteiger partial charge >= 0.3 is 6.18 Å². The Morgan fingerprint density at radius 1 is 1.04 bits per heavy atom. The number of amides is 1. The number of nitrogens with zero attached hydrogens (tertiary/aromatic N) is 1. The highest BCUT2D eigenvalue weighted by Crippen LogP contribution is 2.29. The average Bonchev–Trinajstić information content (AvgIpc) is 2.83.